The maximum absolute atomic E-state index is 12.0. The van der Waals surface area contributed by atoms with Gasteiger partial charge in [-0.2, -0.15) is 11.8 Å². The fraction of sp³-hybridized carbons (Fsp3) is 0.900. The van der Waals surface area contributed by atoms with Gasteiger partial charge in [0.2, 0.25) is 5.91 Å². The van der Waals surface area contributed by atoms with Gasteiger partial charge in [0.25, 0.3) is 0 Å². The lowest BCUT2D eigenvalue weighted by Crippen LogP contribution is -2.38. The molecule has 0 radical (unpaired) electrons. The van der Waals surface area contributed by atoms with Crippen molar-refractivity contribution in [2.75, 3.05) is 37.7 Å². The Morgan fingerprint density at radius 2 is 2.20 bits per heavy atom. The van der Waals surface area contributed by atoms with E-state index in [-0.39, 0.29) is 18.3 Å². The van der Waals surface area contributed by atoms with Crippen molar-refractivity contribution in [2.45, 2.75) is 12.8 Å². The van der Waals surface area contributed by atoms with E-state index in [2.05, 4.69) is 10.2 Å². The van der Waals surface area contributed by atoms with E-state index in [0.29, 0.717) is 5.91 Å². The summed E-state index contributed by atoms with van der Waals surface area (Å²) in [4.78, 5) is 14.1. The minimum atomic E-state index is 0. The molecule has 3 nitrogen and oxygen atoms in total. The molecule has 5 heteroatoms. The Bertz CT molecular complexity index is 202. The van der Waals surface area contributed by atoms with E-state index in [0.717, 1.165) is 44.8 Å². The highest BCUT2D eigenvalue weighted by Gasteiger charge is 2.27. The number of hydrogen-bond donors (Lipinski definition) is 1. The molecule has 0 spiro atoms. The lowest BCUT2D eigenvalue weighted by Gasteiger charge is -2.23. The highest BCUT2D eigenvalue weighted by atomic mass is 35.5. The molecule has 1 atom stereocenters. The smallest absolute Gasteiger partial charge is 0.227 e. The molecule has 1 N–H and O–H groups in total. The summed E-state index contributed by atoms with van der Waals surface area (Å²) in [6.45, 7) is 3.84. The Kier molecular flexibility index (Phi) is 5.79. The molecule has 2 heterocycles. The van der Waals surface area contributed by atoms with Gasteiger partial charge >= 0.3 is 0 Å². The first-order chi connectivity index (χ1) is 6.88. The number of rotatable bonds is 1. The van der Waals surface area contributed by atoms with E-state index in [1.807, 2.05) is 11.8 Å². The Balaban J connectivity index is 0.00000112. The number of nitrogens with one attached hydrogen (secondary N) is 1. The largest absolute Gasteiger partial charge is 0.342 e. The van der Waals surface area contributed by atoms with Gasteiger partial charge in [-0.15, -0.1) is 12.4 Å². The van der Waals surface area contributed by atoms with Crippen LogP contribution < -0.4 is 5.32 Å². The SMILES string of the molecule is Cl.O=C(C1CCNC1)N1CCCSCC1. The number of amides is 1. The van der Waals surface area contributed by atoms with Crippen LogP contribution in [0, 0.1) is 5.92 Å². The van der Waals surface area contributed by atoms with Gasteiger partial charge in [0.15, 0.2) is 0 Å². The standard InChI is InChI=1S/C10H18N2OS.ClH/c13-10(9-2-3-11-8-9)12-4-1-6-14-7-5-12;/h9,11H,1-8H2;1H. The van der Waals surface area contributed by atoms with E-state index in [4.69, 9.17) is 0 Å². The highest BCUT2D eigenvalue weighted by Crippen LogP contribution is 2.16. The molecule has 0 saturated carbocycles. The zero-order valence-electron chi connectivity index (χ0n) is 8.91. The lowest BCUT2D eigenvalue weighted by atomic mass is 10.1. The monoisotopic (exact) mass is 250 g/mol. The molecule has 0 aromatic heterocycles. The molecule has 1 amide bonds. The molecule has 0 bridgehead atoms. The summed E-state index contributed by atoms with van der Waals surface area (Å²) in [6.07, 6.45) is 2.19. The van der Waals surface area contributed by atoms with Gasteiger partial charge in [0, 0.05) is 25.4 Å². The van der Waals surface area contributed by atoms with Crippen molar-refractivity contribution in [3.05, 3.63) is 0 Å². The van der Waals surface area contributed by atoms with Crippen molar-refractivity contribution < 1.29 is 4.79 Å². The second-order valence-electron chi connectivity index (χ2n) is 3.98. The van der Waals surface area contributed by atoms with Crippen LogP contribution in [0.3, 0.4) is 0 Å². The van der Waals surface area contributed by atoms with Crippen LogP contribution in [0.4, 0.5) is 0 Å². The fourth-order valence-electron chi connectivity index (χ4n) is 2.09. The Morgan fingerprint density at radius 1 is 1.33 bits per heavy atom. The van der Waals surface area contributed by atoms with Gasteiger partial charge in [-0.1, -0.05) is 0 Å². The minimum absolute atomic E-state index is 0. The fourth-order valence-corrected chi connectivity index (χ4v) is 2.98. The number of nitrogens with zero attached hydrogens (tertiary/aromatic N) is 1. The molecule has 88 valence electrons. The predicted molar refractivity (Wildman–Crippen MR) is 66.7 cm³/mol. The van der Waals surface area contributed by atoms with Crippen LogP contribution in [0.1, 0.15) is 12.8 Å². The molecule has 0 aromatic carbocycles. The van der Waals surface area contributed by atoms with E-state index in [1.54, 1.807) is 0 Å². The van der Waals surface area contributed by atoms with Gasteiger partial charge in [-0.3, -0.25) is 4.79 Å². The first kappa shape index (κ1) is 13.1. The number of thioether (sulfide) groups is 1. The summed E-state index contributed by atoms with van der Waals surface area (Å²) < 4.78 is 0. The third-order valence-corrected chi connectivity index (χ3v) is 3.99. The summed E-state index contributed by atoms with van der Waals surface area (Å²) in [5, 5.41) is 3.26. The van der Waals surface area contributed by atoms with E-state index in [1.165, 1.54) is 5.75 Å². The van der Waals surface area contributed by atoms with Crippen molar-refractivity contribution in [3.63, 3.8) is 0 Å². The van der Waals surface area contributed by atoms with Gasteiger partial charge in [-0.05, 0) is 25.1 Å². The lowest BCUT2D eigenvalue weighted by molar-refractivity contribution is -0.134. The number of carbonyl (C=O) groups excluding carboxylic acids is 1. The van der Waals surface area contributed by atoms with E-state index in [9.17, 15) is 4.79 Å². The Morgan fingerprint density at radius 3 is 2.93 bits per heavy atom. The maximum atomic E-state index is 12.0. The summed E-state index contributed by atoms with van der Waals surface area (Å²) in [5.74, 6) is 2.98. The molecular weight excluding hydrogens is 232 g/mol. The summed E-state index contributed by atoms with van der Waals surface area (Å²) in [5.41, 5.74) is 0. The summed E-state index contributed by atoms with van der Waals surface area (Å²) in [6, 6.07) is 0. The van der Waals surface area contributed by atoms with Crippen molar-refractivity contribution in [1.82, 2.24) is 10.2 Å². The molecule has 0 aromatic rings. The van der Waals surface area contributed by atoms with Crippen molar-refractivity contribution in [1.29, 1.82) is 0 Å². The molecule has 2 aliphatic heterocycles. The highest BCUT2D eigenvalue weighted by molar-refractivity contribution is 7.99. The molecule has 15 heavy (non-hydrogen) atoms. The van der Waals surface area contributed by atoms with E-state index >= 15 is 0 Å². The molecular formula is C10H19ClN2OS. The van der Waals surface area contributed by atoms with Gasteiger partial charge in [-0.25, -0.2) is 0 Å². The van der Waals surface area contributed by atoms with Crippen LogP contribution in [0.5, 0.6) is 0 Å². The first-order valence-electron chi connectivity index (χ1n) is 5.45. The summed E-state index contributed by atoms with van der Waals surface area (Å²) >= 11 is 1.97. The predicted octanol–water partition coefficient (Wildman–Crippen LogP) is 0.983. The molecule has 1 unspecified atom stereocenters. The van der Waals surface area contributed by atoms with Crippen LogP contribution in [0.15, 0.2) is 0 Å². The molecule has 2 fully saturated rings. The minimum Gasteiger partial charge on any atom is -0.342 e. The van der Waals surface area contributed by atoms with Gasteiger partial charge in [0.1, 0.15) is 0 Å². The number of carbonyl (C=O) groups is 1. The molecule has 2 rings (SSSR count). The topological polar surface area (TPSA) is 32.3 Å². The normalized spacial score (nSPS) is 26.9. The van der Waals surface area contributed by atoms with Crippen LogP contribution in [-0.4, -0.2) is 48.5 Å². The second kappa shape index (κ2) is 6.61. The van der Waals surface area contributed by atoms with Crippen LogP contribution in [0.2, 0.25) is 0 Å². The second-order valence-corrected chi connectivity index (χ2v) is 5.21. The Labute approximate surface area is 102 Å². The zero-order valence-corrected chi connectivity index (χ0v) is 10.5. The van der Waals surface area contributed by atoms with Crippen molar-refractivity contribution in [3.8, 4) is 0 Å². The maximum Gasteiger partial charge on any atom is 0.227 e. The molecule has 2 saturated heterocycles. The zero-order chi connectivity index (χ0) is 9.80. The van der Waals surface area contributed by atoms with Crippen LogP contribution >= 0.6 is 24.2 Å². The van der Waals surface area contributed by atoms with Crippen molar-refractivity contribution in [2.24, 2.45) is 5.92 Å². The van der Waals surface area contributed by atoms with Gasteiger partial charge in [0.05, 0.1) is 5.92 Å². The number of halogens is 1. The van der Waals surface area contributed by atoms with Crippen molar-refractivity contribution >= 4 is 30.1 Å². The average Bonchev–Trinajstić information content (AvgIpc) is 2.59. The van der Waals surface area contributed by atoms with Gasteiger partial charge < -0.3 is 10.2 Å². The number of hydrogen-bond acceptors (Lipinski definition) is 3. The van der Waals surface area contributed by atoms with E-state index < -0.39 is 0 Å². The van der Waals surface area contributed by atoms with Crippen LogP contribution in [0.25, 0.3) is 0 Å². The van der Waals surface area contributed by atoms with Crippen LogP contribution in [-0.2, 0) is 4.79 Å². The quantitative estimate of drug-likeness (QED) is 0.753. The molecule has 2 aliphatic rings. The average molecular weight is 251 g/mol. The third kappa shape index (κ3) is 3.54. The summed E-state index contributed by atoms with van der Waals surface area (Å²) in [7, 11) is 0. The third-order valence-electron chi connectivity index (χ3n) is 2.94. The first-order valence-corrected chi connectivity index (χ1v) is 6.60. The Hall–Kier alpha value is 0.0700. The molecule has 0 aliphatic carbocycles.